The molecule has 15 nitrogen and oxygen atoms in total. The fourth-order valence-electron chi connectivity index (χ4n) is 4.58. The molecule has 35 heavy (non-hydrogen) atoms. The van der Waals surface area contributed by atoms with E-state index in [2.05, 4.69) is 0 Å². The van der Waals surface area contributed by atoms with Gasteiger partial charge in [0.05, 0.1) is 19.3 Å². The van der Waals surface area contributed by atoms with Crippen molar-refractivity contribution in [2.75, 3.05) is 19.8 Å². The molecule has 0 saturated carbocycles. The van der Waals surface area contributed by atoms with E-state index in [4.69, 9.17) is 40.9 Å². The van der Waals surface area contributed by atoms with Crippen molar-refractivity contribution in [3.63, 3.8) is 0 Å². The van der Waals surface area contributed by atoms with Gasteiger partial charge in [0.15, 0.2) is 12.6 Å². The maximum Gasteiger partial charge on any atom is 0.187 e. The molecule has 0 amide bonds. The van der Waals surface area contributed by atoms with Crippen molar-refractivity contribution in [2.24, 2.45) is 17.2 Å². The van der Waals surface area contributed by atoms with Crippen LogP contribution in [-0.2, 0) is 23.7 Å². The van der Waals surface area contributed by atoms with Crippen molar-refractivity contribution in [1.29, 1.82) is 0 Å². The van der Waals surface area contributed by atoms with E-state index in [0.29, 0.717) is 0 Å². The smallest absolute Gasteiger partial charge is 0.187 e. The summed E-state index contributed by atoms with van der Waals surface area (Å²) in [7, 11) is 0. The Bertz CT molecular complexity index is 682. The summed E-state index contributed by atoms with van der Waals surface area (Å²) in [6.07, 6.45) is -17.0. The third-order valence-electron chi connectivity index (χ3n) is 6.63. The normalized spacial score (nSPS) is 49.4. The van der Waals surface area contributed by atoms with Crippen molar-refractivity contribution in [1.82, 2.24) is 0 Å². The summed E-state index contributed by atoms with van der Waals surface area (Å²) in [5, 5.41) is 70.9. The van der Waals surface area contributed by atoms with Crippen LogP contribution >= 0.6 is 0 Å². The molecule has 15 heteroatoms. The summed E-state index contributed by atoms with van der Waals surface area (Å²) < 4.78 is 28.3. The SMILES string of the molecule is CC(C)(N)[C@@H]1O[C@H](CO)C(O[C@@H]2O[C@@H](CN)C(O[C@H]3OC(CO)[C@@H](O)C(O)[C@H]3O)C(O)C2N)C1O. The Morgan fingerprint density at radius 3 is 1.80 bits per heavy atom. The molecule has 0 aliphatic carbocycles. The van der Waals surface area contributed by atoms with Crippen molar-refractivity contribution >= 4 is 0 Å². The molecule has 14 atom stereocenters. The maximum absolute atomic E-state index is 10.9. The van der Waals surface area contributed by atoms with Crippen molar-refractivity contribution in [3.05, 3.63) is 0 Å². The molecule has 3 aliphatic rings. The molecule has 0 bridgehead atoms. The summed E-state index contributed by atoms with van der Waals surface area (Å²) in [6, 6.07) is -1.25. The minimum absolute atomic E-state index is 0.197. The average molecular weight is 514 g/mol. The van der Waals surface area contributed by atoms with Gasteiger partial charge in [-0.2, -0.15) is 0 Å². The van der Waals surface area contributed by atoms with Crippen LogP contribution in [0.25, 0.3) is 0 Å². The van der Waals surface area contributed by atoms with Gasteiger partial charge in [0.2, 0.25) is 0 Å². The van der Waals surface area contributed by atoms with E-state index in [1.807, 2.05) is 0 Å². The lowest BCUT2D eigenvalue weighted by Crippen LogP contribution is -2.67. The molecule has 0 aromatic heterocycles. The predicted octanol–water partition coefficient (Wildman–Crippen LogP) is -6.21. The number of hydrogen-bond donors (Lipinski definition) is 10. The Labute approximate surface area is 202 Å². The van der Waals surface area contributed by atoms with Gasteiger partial charge in [-0.15, -0.1) is 0 Å². The molecule has 3 fully saturated rings. The van der Waals surface area contributed by atoms with E-state index in [1.54, 1.807) is 13.8 Å². The zero-order chi connectivity index (χ0) is 26.2. The lowest BCUT2D eigenvalue weighted by atomic mass is 9.92. The highest BCUT2D eigenvalue weighted by Crippen LogP contribution is 2.34. The first kappa shape index (κ1) is 29.0. The molecule has 3 rings (SSSR count). The van der Waals surface area contributed by atoms with Crippen molar-refractivity contribution < 1.29 is 59.4 Å². The third kappa shape index (κ3) is 5.79. The Morgan fingerprint density at radius 2 is 1.26 bits per heavy atom. The number of nitrogens with two attached hydrogens (primary N) is 3. The minimum atomic E-state index is -1.71. The zero-order valence-corrected chi connectivity index (χ0v) is 19.6. The molecular formula is C20H39N3O12. The summed E-state index contributed by atoms with van der Waals surface area (Å²) >= 11 is 0. The molecule has 13 N–H and O–H groups in total. The van der Waals surface area contributed by atoms with Gasteiger partial charge in [0, 0.05) is 12.1 Å². The first-order valence-electron chi connectivity index (χ1n) is 11.5. The van der Waals surface area contributed by atoms with E-state index in [-0.39, 0.29) is 6.54 Å². The molecule has 3 aliphatic heterocycles. The Hall–Kier alpha value is -0.600. The highest BCUT2D eigenvalue weighted by atomic mass is 16.7. The second-order valence-electron chi connectivity index (χ2n) is 9.83. The fraction of sp³-hybridized carbons (Fsp3) is 1.00. The second kappa shape index (κ2) is 11.4. The lowest BCUT2D eigenvalue weighted by Gasteiger charge is -2.47. The van der Waals surface area contributed by atoms with Gasteiger partial charge in [-0.3, -0.25) is 0 Å². The summed E-state index contributed by atoms with van der Waals surface area (Å²) in [6.45, 7) is 1.95. The largest absolute Gasteiger partial charge is 0.394 e. The van der Waals surface area contributed by atoms with Gasteiger partial charge >= 0.3 is 0 Å². The number of aliphatic hydroxyl groups is 7. The summed E-state index contributed by atoms with van der Waals surface area (Å²) in [5.74, 6) is 0. The topological polar surface area (TPSA) is 266 Å². The highest BCUT2D eigenvalue weighted by Gasteiger charge is 2.54. The molecule has 206 valence electrons. The Balaban J connectivity index is 1.72. The molecule has 3 saturated heterocycles. The van der Waals surface area contributed by atoms with Crippen LogP contribution in [0.15, 0.2) is 0 Å². The molecule has 0 spiro atoms. The zero-order valence-electron chi connectivity index (χ0n) is 19.6. The van der Waals surface area contributed by atoms with Crippen LogP contribution in [0, 0.1) is 0 Å². The van der Waals surface area contributed by atoms with Gasteiger partial charge in [-0.05, 0) is 13.8 Å². The van der Waals surface area contributed by atoms with Gasteiger partial charge < -0.3 is 76.6 Å². The minimum Gasteiger partial charge on any atom is -0.394 e. The number of ether oxygens (including phenoxy) is 5. The van der Waals surface area contributed by atoms with Crippen LogP contribution in [0.4, 0.5) is 0 Å². The number of hydrogen-bond acceptors (Lipinski definition) is 15. The highest BCUT2D eigenvalue weighted by molar-refractivity contribution is 5.02. The standard InChI is InChI=1S/C20H39N3O12/c1-20(2,23)17-14(30)16(8(5-25)31-17)34-18-9(22)11(27)15(6(3-21)32-18)35-19-13(29)12(28)10(26)7(4-24)33-19/h6-19,24-30H,3-5,21-23H2,1-2H3/t6-,7?,8+,9?,10+,11?,12?,13+,14?,15?,16?,17+,18-,19+/m0/s1. The van der Waals surface area contributed by atoms with Gasteiger partial charge in [0.1, 0.15) is 67.1 Å². The van der Waals surface area contributed by atoms with Gasteiger partial charge in [-0.25, -0.2) is 0 Å². The van der Waals surface area contributed by atoms with Crippen LogP contribution < -0.4 is 17.2 Å². The van der Waals surface area contributed by atoms with E-state index >= 15 is 0 Å². The Morgan fingerprint density at radius 1 is 0.714 bits per heavy atom. The number of aliphatic hydroxyl groups excluding tert-OH is 7. The maximum atomic E-state index is 10.9. The first-order valence-corrected chi connectivity index (χ1v) is 11.5. The van der Waals surface area contributed by atoms with E-state index in [0.717, 1.165) is 0 Å². The lowest BCUT2D eigenvalue weighted by molar-refractivity contribution is -0.348. The van der Waals surface area contributed by atoms with Crippen LogP contribution in [0.3, 0.4) is 0 Å². The third-order valence-corrected chi connectivity index (χ3v) is 6.63. The van der Waals surface area contributed by atoms with E-state index < -0.39 is 105 Å². The van der Waals surface area contributed by atoms with Crippen LogP contribution in [0.2, 0.25) is 0 Å². The quantitative estimate of drug-likeness (QED) is 0.145. The van der Waals surface area contributed by atoms with E-state index in [1.165, 1.54) is 0 Å². The molecule has 0 aromatic carbocycles. The number of rotatable bonds is 8. The van der Waals surface area contributed by atoms with Crippen LogP contribution in [0.5, 0.6) is 0 Å². The Kier molecular flexibility index (Phi) is 9.45. The predicted molar refractivity (Wildman–Crippen MR) is 115 cm³/mol. The van der Waals surface area contributed by atoms with Gasteiger partial charge in [-0.1, -0.05) is 0 Å². The average Bonchev–Trinajstić information content (AvgIpc) is 3.14. The molecule has 7 unspecified atom stereocenters. The van der Waals surface area contributed by atoms with Crippen LogP contribution in [-0.4, -0.2) is 147 Å². The second-order valence-corrected chi connectivity index (χ2v) is 9.83. The van der Waals surface area contributed by atoms with Crippen molar-refractivity contribution in [3.8, 4) is 0 Å². The first-order chi connectivity index (χ1) is 16.3. The molecular weight excluding hydrogens is 474 g/mol. The molecule has 3 heterocycles. The fourth-order valence-corrected chi connectivity index (χ4v) is 4.58. The monoisotopic (exact) mass is 513 g/mol. The van der Waals surface area contributed by atoms with Crippen LogP contribution in [0.1, 0.15) is 13.8 Å². The summed E-state index contributed by atoms with van der Waals surface area (Å²) in [4.78, 5) is 0. The van der Waals surface area contributed by atoms with E-state index in [9.17, 15) is 35.7 Å². The van der Waals surface area contributed by atoms with Gasteiger partial charge in [0.25, 0.3) is 0 Å². The molecule has 0 radical (unpaired) electrons. The molecule has 0 aromatic rings. The van der Waals surface area contributed by atoms with Crippen molar-refractivity contribution in [2.45, 2.75) is 105 Å². The summed E-state index contributed by atoms with van der Waals surface area (Å²) in [5.41, 5.74) is 17.0.